The molecule has 0 spiro atoms. The Morgan fingerprint density at radius 2 is 1.55 bits per heavy atom. The quantitative estimate of drug-likeness (QED) is 0.596. The summed E-state index contributed by atoms with van der Waals surface area (Å²) in [6, 6.07) is 22.9. The van der Waals surface area contributed by atoms with Crippen LogP contribution in [0.5, 0.6) is 0 Å². The molecule has 0 bridgehead atoms. The van der Waals surface area contributed by atoms with Crippen LogP contribution in [0.2, 0.25) is 0 Å². The minimum absolute atomic E-state index is 0.0850. The summed E-state index contributed by atoms with van der Waals surface area (Å²) in [5.41, 5.74) is 2.35. The standard InChI is InChI=1S/C23H24N2O3S/c1-3-21(18-10-6-4-7-11-18)24-23(26)19-15-14-17(2)22(16-19)29(27,28)25-20-12-8-5-9-13-20/h4-16,21,25H,3H2,1-2H3,(H,24,26). The number of para-hydroxylation sites is 1. The molecule has 5 nitrogen and oxygen atoms in total. The number of sulfonamides is 1. The van der Waals surface area contributed by atoms with E-state index < -0.39 is 10.0 Å². The smallest absolute Gasteiger partial charge is 0.262 e. The number of carbonyl (C=O) groups is 1. The van der Waals surface area contributed by atoms with E-state index in [0.29, 0.717) is 16.8 Å². The lowest BCUT2D eigenvalue weighted by molar-refractivity contribution is 0.0935. The molecule has 3 aromatic rings. The molecule has 6 heteroatoms. The zero-order valence-corrected chi connectivity index (χ0v) is 17.2. The fraction of sp³-hybridized carbons (Fsp3) is 0.174. The van der Waals surface area contributed by atoms with Gasteiger partial charge in [0, 0.05) is 11.3 Å². The van der Waals surface area contributed by atoms with Crippen LogP contribution < -0.4 is 10.0 Å². The minimum atomic E-state index is -3.82. The van der Waals surface area contributed by atoms with Crippen molar-refractivity contribution in [1.29, 1.82) is 0 Å². The summed E-state index contributed by atoms with van der Waals surface area (Å²) in [4.78, 5) is 12.9. The lowest BCUT2D eigenvalue weighted by Crippen LogP contribution is -2.28. The lowest BCUT2D eigenvalue weighted by Gasteiger charge is -2.18. The highest BCUT2D eigenvalue weighted by Gasteiger charge is 2.20. The van der Waals surface area contributed by atoms with Gasteiger partial charge in [0.15, 0.2) is 0 Å². The van der Waals surface area contributed by atoms with E-state index in [0.717, 1.165) is 12.0 Å². The van der Waals surface area contributed by atoms with Crippen LogP contribution in [-0.2, 0) is 10.0 Å². The molecule has 0 fully saturated rings. The van der Waals surface area contributed by atoms with E-state index >= 15 is 0 Å². The number of hydrogen-bond donors (Lipinski definition) is 2. The number of aryl methyl sites for hydroxylation is 1. The Balaban J connectivity index is 1.85. The molecule has 3 aromatic carbocycles. The van der Waals surface area contributed by atoms with Crippen molar-refractivity contribution in [3.63, 3.8) is 0 Å². The largest absolute Gasteiger partial charge is 0.345 e. The average molecular weight is 409 g/mol. The van der Waals surface area contributed by atoms with Gasteiger partial charge in [-0.05, 0) is 48.7 Å². The molecular weight excluding hydrogens is 384 g/mol. The number of nitrogens with one attached hydrogen (secondary N) is 2. The van der Waals surface area contributed by atoms with Gasteiger partial charge in [-0.2, -0.15) is 0 Å². The van der Waals surface area contributed by atoms with Crippen LogP contribution in [0.25, 0.3) is 0 Å². The number of amides is 1. The molecule has 0 aliphatic rings. The van der Waals surface area contributed by atoms with E-state index in [-0.39, 0.29) is 16.8 Å². The Labute approximate surface area is 171 Å². The molecule has 0 aromatic heterocycles. The third-order valence-corrected chi connectivity index (χ3v) is 6.20. The predicted octanol–water partition coefficient (Wildman–Crippen LogP) is 4.68. The maximum Gasteiger partial charge on any atom is 0.262 e. The second-order valence-corrected chi connectivity index (χ2v) is 8.45. The summed E-state index contributed by atoms with van der Waals surface area (Å²) in [5, 5.41) is 2.99. The Morgan fingerprint density at radius 3 is 2.17 bits per heavy atom. The Bertz CT molecular complexity index is 1080. The van der Waals surface area contributed by atoms with Crippen molar-refractivity contribution < 1.29 is 13.2 Å². The van der Waals surface area contributed by atoms with Crippen molar-refractivity contribution >= 4 is 21.6 Å². The second kappa shape index (κ2) is 8.92. The Morgan fingerprint density at radius 1 is 0.931 bits per heavy atom. The molecule has 2 N–H and O–H groups in total. The molecule has 1 unspecified atom stereocenters. The van der Waals surface area contributed by atoms with Gasteiger partial charge in [0.25, 0.3) is 15.9 Å². The molecule has 0 saturated heterocycles. The lowest BCUT2D eigenvalue weighted by atomic mass is 10.0. The first kappa shape index (κ1) is 20.6. The van der Waals surface area contributed by atoms with Crippen molar-refractivity contribution in [2.75, 3.05) is 4.72 Å². The van der Waals surface area contributed by atoms with Crippen LogP contribution in [0.15, 0.2) is 83.8 Å². The normalized spacial score (nSPS) is 12.2. The molecule has 1 atom stereocenters. The van der Waals surface area contributed by atoms with Crippen LogP contribution in [0, 0.1) is 6.92 Å². The Hall–Kier alpha value is -3.12. The molecule has 1 amide bonds. The highest BCUT2D eigenvalue weighted by atomic mass is 32.2. The van der Waals surface area contributed by atoms with Crippen molar-refractivity contribution in [3.05, 3.63) is 95.6 Å². The number of hydrogen-bond acceptors (Lipinski definition) is 3. The molecule has 0 saturated carbocycles. The van der Waals surface area contributed by atoms with E-state index in [2.05, 4.69) is 10.0 Å². The van der Waals surface area contributed by atoms with E-state index in [9.17, 15) is 13.2 Å². The highest BCUT2D eigenvalue weighted by Crippen LogP contribution is 2.22. The highest BCUT2D eigenvalue weighted by molar-refractivity contribution is 7.92. The summed E-state index contributed by atoms with van der Waals surface area (Å²) in [7, 11) is -3.82. The van der Waals surface area contributed by atoms with Crippen LogP contribution in [0.3, 0.4) is 0 Å². The molecule has 3 rings (SSSR count). The maximum atomic E-state index is 12.9. The fourth-order valence-electron chi connectivity index (χ4n) is 3.10. The van der Waals surface area contributed by atoms with Gasteiger partial charge >= 0.3 is 0 Å². The molecule has 0 aliphatic heterocycles. The maximum absolute atomic E-state index is 12.9. The molecule has 0 heterocycles. The number of anilines is 1. The SMILES string of the molecule is CCC(NC(=O)c1ccc(C)c(S(=O)(=O)Nc2ccccc2)c1)c1ccccc1. The van der Waals surface area contributed by atoms with Gasteiger partial charge in [-0.1, -0.05) is 61.5 Å². The zero-order valence-electron chi connectivity index (χ0n) is 16.4. The van der Waals surface area contributed by atoms with Crippen molar-refractivity contribution in [2.45, 2.75) is 31.2 Å². The first-order valence-electron chi connectivity index (χ1n) is 9.45. The summed E-state index contributed by atoms with van der Waals surface area (Å²) >= 11 is 0. The number of benzene rings is 3. The van der Waals surface area contributed by atoms with Gasteiger partial charge in [-0.15, -0.1) is 0 Å². The molecule has 0 aliphatic carbocycles. The fourth-order valence-corrected chi connectivity index (χ4v) is 4.43. The molecule has 150 valence electrons. The third kappa shape index (κ3) is 5.03. The molecule has 29 heavy (non-hydrogen) atoms. The number of rotatable bonds is 7. The average Bonchev–Trinajstić information content (AvgIpc) is 2.73. The summed E-state index contributed by atoms with van der Waals surface area (Å²) < 4.78 is 28.3. The van der Waals surface area contributed by atoms with Crippen LogP contribution in [0.4, 0.5) is 5.69 Å². The summed E-state index contributed by atoms with van der Waals surface area (Å²) in [6.07, 6.45) is 0.725. The van der Waals surface area contributed by atoms with Gasteiger partial charge in [-0.25, -0.2) is 8.42 Å². The van der Waals surface area contributed by atoms with Gasteiger partial charge < -0.3 is 5.32 Å². The molecular formula is C23H24N2O3S. The predicted molar refractivity (Wildman–Crippen MR) is 115 cm³/mol. The van der Waals surface area contributed by atoms with Gasteiger partial charge in [0.05, 0.1) is 10.9 Å². The van der Waals surface area contributed by atoms with E-state index in [1.165, 1.54) is 6.07 Å². The van der Waals surface area contributed by atoms with Gasteiger partial charge in [0.2, 0.25) is 0 Å². The van der Waals surface area contributed by atoms with E-state index in [1.54, 1.807) is 43.3 Å². The summed E-state index contributed by atoms with van der Waals surface area (Å²) in [6.45, 7) is 3.70. The second-order valence-electron chi connectivity index (χ2n) is 6.80. The van der Waals surface area contributed by atoms with E-state index in [1.807, 2.05) is 43.3 Å². The third-order valence-electron chi connectivity index (χ3n) is 4.68. The number of carbonyl (C=O) groups excluding carboxylic acids is 1. The van der Waals surface area contributed by atoms with Crippen molar-refractivity contribution in [1.82, 2.24) is 5.32 Å². The first-order chi connectivity index (χ1) is 13.9. The van der Waals surface area contributed by atoms with Crippen LogP contribution in [0.1, 0.15) is 40.9 Å². The monoisotopic (exact) mass is 408 g/mol. The van der Waals surface area contributed by atoms with Crippen LogP contribution >= 0.6 is 0 Å². The Kier molecular flexibility index (Phi) is 6.34. The summed E-state index contributed by atoms with van der Waals surface area (Å²) in [5.74, 6) is -0.308. The molecule has 0 radical (unpaired) electrons. The van der Waals surface area contributed by atoms with Crippen molar-refractivity contribution in [2.24, 2.45) is 0 Å². The van der Waals surface area contributed by atoms with Crippen molar-refractivity contribution in [3.8, 4) is 0 Å². The van der Waals surface area contributed by atoms with Gasteiger partial charge in [0.1, 0.15) is 0 Å². The minimum Gasteiger partial charge on any atom is -0.345 e. The van der Waals surface area contributed by atoms with E-state index in [4.69, 9.17) is 0 Å². The first-order valence-corrected chi connectivity index (χ1v) is 10.9. The zero-order chi connectivity index (χ0) is 20.9. The van der Waals surface area contributed by atoms with Crippen LogP contribution in [-0.4, -0.2) is 14.3 Å². The topological polar surface area (TPSA) is 75.3 Å². The van der Waals surface area contributed by atoms with Gasteiger partial charge in [-0.3, -0.25) is 9.52 Å².